The second-order valence-electron chi connectivity index (χ2n) is 4.60. The normalized spacial score (nSPS) is 25.1. The smallest absolute Gasteiger partial charge is 0.0753 e. The predicted molar refractivity (Wildman–Crippen MR) is 68.1 cm³/mol. The minimum absolute atomic E-state index is 0.222. The molecule has 0 bridgehead atoms. The van der Waals surface area contributed by atoms with Crippen LogP contribution in [0.15, 0.2) is 35.9 Å². The van der Waals surface area contributed by atoms with Gasteiger partial charge in [0.1, 0.15) is 0 Å². The lowest BCUT2D eigenvalue weighted by Gasteiger charge is -2.18. The first kappa shape index (κ1) is 11.4. The molecule has 1 aromatic carbocycles. The summed E-state index contributed by atoms with van der Waals surface area (Å²) in [6, 6.07) is 10.3. The Morgan fingerprint density at radius 3 is 2.56 bits per heavy atom. The van der Waals surface area contributed by atoms with Gasteiger partial charge in [-0.15, -0.1) is 0 Å². The second kappa shape index (κ2) is 5.86. The largest absolute Gasteiger partial charge is 0.389 e. The molecule has 0 aliphatic heterocycles. The molecule has 2 rings (SSSR count). The van der Waals surface area contributed by atoms with Crippen LogP contribution in [0.2, 0.25) is 0 Å². The lowest BCUT2D eigenvalue weighted by molar-refractivity contribution is 0.188. The fourth-order valence-corrected chi connectivity index (χ4v) is 2.30. The van der Waals surface area contributed by atoms with Crippen LogP contribution in [0, 0.1) is 0 Å². The third-order valence-corrected chi connectivity index (χ3v) is 3.27. The maximum Gasteiger partial charge on any atom is 0.0753 e. The molecule has 0 saturated heterocycles. The molecule has 1 aromatic rings. The van der Waals surface area contributed by atoms with Gasteiger partial charge in [-0.2, -0.15) is 0 Å². The zero-order valence-electron chi connectivity index (χ0n) is 9.73. The summed E-state index contributed by atoms with van der Waals surface area (Å²) in [5, 5.41) is 10.1. The zero-order chi connectivity index (χ0) is 11.2. The lowest BCUT2D eigenvalue weighted by atomic mass is 9.92. The number of benzene rings is 1. The molecule has 1 unspecified atom stereocenters. The van der Waals surface area contributed by atoms with Gasteiger partial charge < -0.3 is 5.11 Å². The molecule has 1 saturated carbocycles. The second-order valence-corrected chi connectivity index (χ2v) is 4.60. The van der Waals surface area contributed by atoms with Gasteiger partial charge >= 0.3 is 0 Å². The van der Waals surface area contributed by atoms with Crippen LogP contribution >= 0.6 is 0 Å². The van der Waals surface area contributed by atoms with Gasteiger partial charge in [0.25, 0.3) is 0 Å². The number of hydrogen-bond acceptors (Lipinski definition) is 1. The molecule has 0 aromatic heterocycles. The van der Waals surface area contributed by atoms with Crippen molar-refractivity contribution in [2.75, 3.05) is 0 Å². The van der Waals surface area contributed by atoms with E-state index in [1.807, 2.05) is 18.2 Å². The third kappa shape index (κ3) is 3.21. The van der Waals surface area contributed by atoms with Gasteiger partial charge in [0.15, 0.2) is 0 Å². The topological polar surface area (TPSA) is 20.2 Å². The SMILES string of the molecule is OC1CCCCCC/C1=C\c1ccccc1. The maximum absolute atomic E-state index is 10.1. The Bertz CT molecular complexity index is 340. The van der Waals surface area contributed by atoms with E-state index in [0.29, 0.717) is 0 Å². The summed E-state index contributed by atoms with van der Waals surface area (Å²) in [6.45, 7) is 0. The summed E-state index contributed by atoms with van der Waals surface area (Å²) in [5.74, 6) is 0. The van der Waals surface area contributed by atoms with Gasteiger partial charge in [0, 0.05) is 0 Å². The highest BCUT2D eigenvalue weighted by Gasteiger charge is 2.13. The third-order valence-electron chi connectivity index (χ3n) is 3.27. The van der Waals surface area contributed by atoms with Crippen molar-refractivity contribution in [2.24, 2.45) is 0 Å². The van der Waals surface area contributed by atoms with Crippen molar-refractivity contribution in [3.63, 3.8) is 0 Å². The Morgan fingerprint density at radius 1 is 1.00 bits per heavy atom. The van der Waals surface area contributed by atoms with E-state index < -0.39 is 0 Å². The minimum atomic E-state index is -0.222. The van der Waals surface area contributed by atoms with Crippen LogP contribution in [-0.4, -0.2) is 11.2 Å². The Morgan fingerprint density at radius 2 is 1.75 bits per heavy atom. The predicted octanol–water partition coefficient (Wildman–Crippen LogP) is 3.79. The molecule has 0 spiro atoms. The molecule has 1 fully saturated rings. The van der Waals surface area contributed by atoms with E-state index >= 15 is 0 Å². The van der Waals surface area contributed by atoms with E-state index in [0.717, 1.165) is 19.3 Å². The monoisotopic (exact) mass is 216 g/mol. The highest BCUT2D eigenvalue weighted by atomic mass is 16.3. The number of hydrogen-bond donors (Lipinski definition) is 1. The van der Waals surface area contributed by atoms with Gasteiger partial charge in [-0.3, -0.25) is 0 Å². The van der Waals surface area contributed by atoms with Gasteiger partial charge in [-0.05, 0) is 30.4 Å². The van der Waals surface area contributed by atoms with Crippen molar-refractivity contribution in [1.29, 1.82) is 0 Å². The summed E-state index contributed by atoms with van der Waals surface area (Å²) < 4.78 is 0. The standard InChI is InChI=1S/C15H20O/c16-15-11-7-2-1-6-10-14(15)12-13-8-4-3-5-9-13/h3-5,8-9,12,15-16H,1-2,6-7,10-11H2/b14-12+. The van der Waals surface area contributed by atoms with Crippen molar-refractivity contribution in [3.8, 4) is 0 Å². The van der Waals surface area contributed by atoms with Crippen LogP contribution in [0.4, 0.5) is 0 Å². The van der Waals surface area contributed by atoms with Crippen molar-refractivity contribution in [1.82, 2.24) is 0 Å². The molecule has 1 aliphatic rings. The summed E-state index contributed by atoms with van der Waals surface area (Å²) in [5.41, 5.74) is 2.42. The van der Waals surface area contributed by atoms with Crippen molar-refractivity contribution in [2.45, 2.75) is 44.6 Å². The number of aliphatic hydroxyl groups is 1. The van der Waals surface area contributed by atoms with E-state index in [-0.39, 0.29) is 6.10 Å². The molecule has 86 valence electrons. The van der Waals surface area contributed by atoms with E-state index in [9.17, 15) is 5.11 Å². The molecule has 16 heavy (non-hydrogen) atoms. The zero-order valence-corrected chi connectivity index (χ0v) is 9.73. The highest BCUT2D eigenvalue weighted by molar-refractivity contribution is 5.53. The summed E-state index contributed by atoms with van der Waals surface area (Å²) in [4.78, 5) is 0. The van der Waals surface area contributed by atoms with Gasteiger partial charge in [-0.25, -0.2) is 0 Å². The first-order valence-corrected chi connectivity index (χ1v) is 6.30. The lowest BCUT2D eigenvalue weighted by Crippen LogP contribution is -2.12. The quantitative estimate of drug-likeness (QED) is 0.757. The Balaban J connectivity index is 2.13. The van der Waals surface area contributed by atoms with Gasteiger partial charge in [-0.1, -0.05) is 55.7 Å². The van der Waals surface area contributed by atoms with E-state index in [1.165, 1.54) is 30.4 Å². The molecular formula is C15H20O. The average Bonchev–Trinajstić information content (AvgIpc) is 2.30. The molecule has 0 heterocycles. The first-order chi connectivity index (χ1) is 7.86. The molecule has 0 radical (unpaired) electrons. The summed E-state index contributed by atoms with van der Waals surface area (Å²) in [6.07, 6.45) is 8.88. The van der Waals surface area contributed by atoms with Crippen molar-refractivity contribution < 1.29 is 5.11 Å². The maximum atomic E-state index is 10.1. The van der Waals surface area contributed by atoms with Crippen LogP contribution in [0.5, 0.6) is 0 Å². The summed E-state index contributed by atoms with van der Waals surface area (Å²) in [7, 11) is 0. The van der Waals surface area contributed by atoms with E-state index in [4.69, 9.17) is 0 Å². The molecule has 0 amide bonds. The highest BCUT2D eigenvalue weighted by Crippen LogP contribution is 2.24. The minimum Gasteiger partial charge on any atom is -0.389 e. The number of aliphatic hydroxyl groups excluding tert-OH is 1. The van der Waals surface area contributed by atoms with Crippen LogP contribution in [0.1, 0.15) is 44.1 Å². The fourth-order valence-electron chi connectivity index (χ4n) is 2.30. The summed E-state index contributed by atoms with van der Waals surface area (Å²) >= 11 is 0. The van der Waals surface area contributed by atoms with E-state index in [2.05, 4.69) is 18.2 Å². The first-order valence-electron chi connectivity index (χ1n) is 6.30. The Hall–Kier alpha value is -1.08. The van der Waals surface area contributed by atoms with Gasteiger partial charge in [0.2, 0.25) is 0 Å². The van der Waals surface area contributed by atoms with Crippen molar-refractivity contribution in [3.05, 3.63) is 41.5 Å². The van der Waals surface area contributed by atoms with Gasteiger partial charge in [0.05, 0.1) is 6.10 Å². The molecule has 1 heteroatoms. The average molecular weight is 216 g/mol. The molecule has 1 nitrogen and oxygen atoms in total. The Labute approximate surface area is 97.8 Å². The molecule has 1 aliphatic carbocycles. The molecular weight excluding hydrogens is 196 g/mol. The van der Waals surface area contributed by atoms with Crippen LogP contribution in [0.3, 0.4) is 0 Å². The fraction of sp³-hybridized carbons (Fsp3) is 0.467. The van der Waals surface area contributed by atoms with Crippen LogP contribution in [-0.2, 0) is 0 Å². The molecule has 1 N–H and O–H groups in total. The van der Waals surface area contributed by atoms with Crippen molar-refractivity contribution >= 4 is 6.08 Å². The number of rotatable bonds is 1. The van der Waals surface area contributed by atoms with Crippen LogP contribution < -0.4 is 0 Å². The van der Waals surface area contributed by atoms with Crippen LogP contribution in [0.25, 0.3) is 6.08 Å². The molecule has 1 atom stereocenters. The van der Waals surface area contributed by atoms with E-state index in [1.54, 1.807) is 0 Å². The Kier molecular flexibility index (Phi) is 4.17.